The largest absolute Gasteiger partial charge is 0.383 e. The van der Waals surface area contributed by atoms with Crippen molar-refractivity contribution in [1.29, 1.82) is 0 Å². The van der Waals surface area contributed by atoms with Gasteiger partial charge < -0.3 is 5.11 Å². The highest BCUT2D eigenvalue weighted by Gasteiger charge is 2.14. The van der Waals surface area contributed by atoms with Gasteiger partial charge in [0.05, 0.1) is 3.79 Å². The Hall–Kier alpha value is -0.160. The van der Waals surface area contributed by atoms with Gasteiger partial charge in [-0.2, -0.15) is 0 Å². The number of aliphatic hydroxyl groups is 1. The predicted octanol–water partition coefficient (Wildman–Crippen LogP) is 4.66. The van der Waals surface area contributed by atoms with Gasteiger partial charge in [0.25, 0.3) is 0 Å². The summed E-state index contributed by atoms with van der Waals surface area (Å²) in [6, 6.07) is 9.75. The molecule has 0 aliphatic carbocycles. The third kappa shape index (κ3) is 2.56. The van der Waals surface area contributed by atoms with Crippen LogP contribution in [0.25, 0.3) is 0 Å². The highest BCUT2D eigenvalue weighted by atomic mass is 79.9. The molecule has 1 aromatic carbocycles. The Kier molecular flexibility index (Phi) is 3.85. The summed E-state index contributed by atoms with van der Waals surface area (Å²) in [5, 5.41) is 10.2. The zero-order chi connectivity index (χ0) is 11.7. The summed E-state index contributed by atoms with van der Waals surface area (Å²) in [7, 11) is 0. The van der Waals surface area contributed by atoms with Crippen LogP contribution in [0.3, 0.4) is 0 Å². The third-order valence-electron chi connectivity index (χ3n) is 2.33. The fourth-order valence-electron chi connectivity index (χ4n) is 1.43. The van der Waals surface area contributed by atoms with Crippen LogP contribution in [0, 0.1) is 6.92 Å². The second kappa shape index (κ2) is 5.00. The summed E-state index contributed by atoms with van der Waals surface area (Å²) in [6.45, 7) is 2.03. The normalized spacial score (nSPS) is 12.8. The van der Waals surface area contributed by atoms with Crippen LogP contribution < -0.4 is 0 Å². The molecule has 1 atom stereocenters. The van der Waals surface area contributed by atoms with Crippen LogP contribution in [0.15, 0.2) is 38.6 Å². The van der Waals surface area contributed by atoms with Gasteiger partial charge in [-0.05, 0) is 52.2 Å². The zero-order valence-corrected chi connectivity index (χ0v) is 12.6. The molecule has 1 N–H and O–H groups in total. The summed E-state index contributed by atoms with van der Waals surface area (Å²) >= 11 is 8.42. The van der Waals surface area contributed by atoms with Crippen molar-refractivity contribution in [1.82, 2.24) is 0 Å². The molecule has 4 heteroatoms. The number of halogens is 2. The molecule has 1 heterocycles. The van der Waals surface area contributed by atoms with Crippen LogP contribution in [0.4, 0.5) is 0 Å². The molecule has 0 aliphatic heterocycles. The standard InChI is InChI=1S/C12H10Br2OS/c1-7-6-10(16-12(7)14)11(15)8-2-4-9(13)5-3-8/h2-6,11,15H,1H3. The maximum absolute atomic E-state index is 10.2. The first-order valence-electron chi connectivity index (χ1n) is 4.77. The lowest BCUT2D eigenvalue weighted by Gasteiger charge is -2.08. The van der Waals surface area contributed by atoms with E-state index in [0.29, 0.717) is 0 Å². The average Bonchev–Trinajstić information content (AvgIpc) is 2.59. The summed E-state index contributed by atoms with van der Waals surface area (Å²) in [5.41, 5.74) is 2.08. The molecule has 2 aromatic rings. The van der Waals surface area contributed by atoms with Gasteiger partial charge in [0, 0.05) is 9.35 Å². The van der Waals surface area contributed by atoms with Crippen molar-refractivity contribution in [3.63, 3.8) is 0 Å². The maximum Gasteiger partial charge on any atom is 0.113 e. The van der Waals surface area contributed by atoms with E-state index in [1.165, 1.54) is 0 Å². The van der Waals surface area contributed by atoms with Crippen molar-refractivity contribution >= 4 is 43.2 Å². The van der Waals surface area contributed by atoms with Crippen LogP contribution in [-0.2, 0) is 0 Å². The quantitative estimate of drug-likeness (QED) is 0.824. The Balaban J connectivity index is 2.31. The van der Waals surface area contributed by atoms with Gasteiger partial charge in [0.2, 0.25) is 0 Å². The van der Waals surface area contributed by atoms with E-state index in [1.54, 1.807) is 11.3 Å². The number of rotatable bonds is 2. The summed E-state index contributed by atoms with van der Waals surface area (Å²) in [4.78, 5) is 0.965. The Morgan fingerprint density at radius 1 is 1.19 bits per heavy atom. The van der Waals surface area contributed by atoms with Gasteiger partial charge in [0.1, 0.15) is 6.10 Å². The summed E-state index contributed by atoms with van der Waals surface area (Å²) < 4.78 is 2.10. The molecule has 84 valence electrons. The number of benzene rings is 1. The van der Waals surface area contributed by atoms with Crippen molar-refractivity contribution in [2.75, 3.05) is 0 Å². The lowest BCUT2D eigenvalue weighted by molar-refractivity contribution is 0.224. The molecular formula is C12H10Br2OS. The minimum Gasteiger partial charge on any atom is -0.383 e. The fraction of sp³-hybridized carbons (Fsp3) is 0.167. The number of aliphatic hydroxyl groups excluding tert-OH is 1. The molecule has 1 nitrogen and oxygen atoms in total. The second-order valence-electron chi connectivity index (χ2n) is 3.56. The molecule has 0 spiro atoms. The minimum absolute atomic E-state index is 0.539. The topological polar surface area (TPSA) is 20.2 Å². The smallest absolute Gasteiger partial charge is 0.113 e. The van der Waals surface area contributed by atoms with Crippen molar-refractivity contribution < 1.29 is 5.11 Å². The van der Waals surface area contributed by atoms with E-state index in [4.69, 9.17) is 0 Å². The number of hydrogen-bond donors (Lipinski definition) is 1. The highest BCUT2D eigenvalue weighted by molar-refractivity contribution is 9.11. The Morgan fingerprint density at radius 2 is 1.81 bits per heavy atom. The van der Waals surface area contributed by atoms with Crippen LogP contribution in [0.5, 0.6) is 0 Å². The molecule has 0 radical (unpaired) electrons. The number of hydrogen-bond acceptors (Lipinski definition) is 2. The first kappa shape index (κ1) is 12.3. The second-order valence-corrected chi connectivity index (χ2v) is 6.88. The Bertz CT molecular complexity index is 471. The van der Waals surface area contributed by atoms with E-state index in [2.05, 4.69) is 31.9 Å². The molecule has 2 rings (SSSR count). The van der Waals surface area contributed by atoms with Crippen LogP contribution in [0.1, 0.15) is 22.1 Å². The molecule has 16 heavy (non-hydrogen) atoms. The van der Waals surface area contributed by atoms with Gasteiger partial charge in [0.15, 0.2) is 0 Å². The predicted molar refractivity (Wildman–Crippen MR) is 75.0 cm³/mol. The van der Waals surface area contributed by atoms with E-state index in [1.807, 2.05) is 37.3 Å². The SMILES string of the molecule is Cc1cc(C(O)c2ccc(Br)cc2)sc1Br. The third-order valence-corrected chi connectivity index (χ3v) is 5.05. The minimum atomic E-state index is -0.539. The number of aryl methyl sites for hydroxylation is 1. The molecule has 1 aromatic heterocycles. The molecule has 1 unspecified atom stereocenters. The Labute approximate surface area is 115 Å². The van der Waals surface area contributed by atoms with Gasteiger partial charge in [-0.3, -0.25) is 0 Å². The lowest BCUT2D eigenvalue weighted by Crippen LogP contribution is -1.96. The van der Waals surface area contributed by atoms with Gasteiger partial charge >= 0.3 is 0 Å². The van der Waals surface area contributed by atoms with Crippen LogP contribution >= 0.6 is 43.2 Å². The van der Waals surface area contributed by atoms with E-state index in [-0.39, 0.29) is 0 Å². The van der Waals surface area contributed by atoms with Gasteiger partial charge in [-0.25, -0.2) is 0 Å². The van der Waals surface area contributed by atoms with Gasteiger partial charge in [-0.15, -0.1) is 11.3 Å². The fourth-order valence-corrected chi connectivity index (χ4v) is 3.28. The van der Waals surface area contributed by atoms with Crippen molar-refractivity contribution in [3.8, 4) is 0 Å². The molecule has 0 fully saturated rings. The van der Waals surface area contributed by atoms with E-state index in [0.717, 1.165) is 24.3 Å². The first-order chi connectivity index (χ1) is 7.58. The number of thiophene rings is 1. The van der Waals surface area contributed by atoms with Crippen molar-refractivity contribution in [2.45, 2.75) is 13.0 Å². The highest BCUT2D eigenvalue weighted by Crippen LogP contribution is 2.34. The van der Waals surface area contributed by atoms with E-state index in [9.17, 15) is 5.11 Å². The molecule has 0 bridgehead atoms. The summed E-state index contributed by atoms with van der Waals surface area (Å²) in [5.74, 6) is 0. The average molecular weight is 362 g/mol. The summed E-state index contributed by atoms with van der Waals surface area (Å²) in [6.07, 6.45) is -0.539. The zero-order valence-electron chi connectivity index (χ0n) is 8.58. The lowest BCUT2D eigenvalue weighted by atomic mass is 10.1. The maximum atomic E-state index is 10.2. The van der Waals surface area contributed by atoms with Gasteiger partial charge in [-0.1, -0.05) is 28.1 Å². The van der Waals surface area contributed by atoms with Crippen molar-refractivity contribution in [2.24, 2.45) is 0 Å². The van der Waals surface area contributed by atoms with E-state index >= 15 is 0 Å². The molecule has 0 amide bonds. The van der Waals surface area contributed by atoms with Crippen LogP contribution in [0.2, 0.25) is 0 Å². The van der Waals surface area contributed by atoms with E-state index < -0.39 is 6.10 Å². The molecular weight excluding hydrogens is 352 g/mol. The Morgan fingerprint density at radius 3 is 2.31 bits per heavy atom. The molecule has 0 saturated carbocycles. The monoisotopic (exact) mass is 360 g/mol. The first-order valence-corrected chi connectivity index (χ1v) is 7.17. The van der Waals surface area contributed by atoms with Crippen LogP contribution in [-0.4, -0.2) is 5.11 Å². The van der Waals surface area contributed by atoms with Crippen molar-refractivity contribution in [3.05, 3.63) is 54.6 Å². The molecule has 0 saturated heterocycles. The molecule has 0 aliphatic rings.